The number of nitrogen functional groups attached to an aromatic ring is 1. The van der Waals surface area contributed by atoms with Gasteiger partial charge in [0.05, 0.1) is 16.4 Å². The van der Waals surface area contributed by atoms with Crippen LogP contribution in [0.1, 0.15) is 19.3 Å². The molecule has 1 heterocycles. The van der Waals surface area contributed by atoms with E-state index in [4.69, 9.17) is 5.73 Å². The molecule has 0 radical (unpaired) electrons. The molecular weight excluding hydrogens is 270 g/mol. The van der Waals surface area contributed by atoms with Crippen LogP contribution in [0.3, 0.4) is 0 Å². The van der Waals surface area contributed by atoms with Gasteiger partial charge < -0.3 is 16.2 Å². The van der Waals surface area contributed by atoms with Crippen LogP contribution in [-0.2, 0) is 0 Å². The maximum Gasteiger partial charge on any atom is 0.140 e. The number of hydrogen-bond acceptors (Lipinski definition) is 4. The fourth-order valence-electron chi connectivity index (χ4n) is 2.18. The lowest BCUT2D eigenvalue weighted by Gasteiger charge is -2.20. The van der Waals surface area contributed by atoms with Crippen LogP contribution in [0.4, 0.5) is 11.5 Å². The number of pyridine rings is 1. The van der Waals surface area contributed by atoms with Gasteiger partial charge in [0.15, 0.2) is 0 Å². The van der Waals surface area contributed by atoms with Crippen molar-refractivity contribution in [1.29, 1.82) is 0 Å². The number of halogens is 1. The predicted octanol–water partition coefficient (Wildman–Crippen LogP) is 2.00. The molecule has 1 aromatic rings. The van der Waals surface area contributed by atoms with Gasteiger partial charge in [0.25, 0.3) is 0 Å². The molecule has 1 saturated carbocycles. The number of aliphatic hydroxyl groups excluding tert-OH is 1. The van der Waals surface area contributed by atoms with Gasteiger partial charge in [-0.05, 0) is 34.8 Å². The summed E-state index contributed by atoms with van der Waals surface area (Å²) < 4.78 is 0.871. The van der Waals surface area contributed by atoms with E-state index in [9.17, 15) is 5.11 Å². The van der Waals surface area contributed by atoms with E-state index >= 15 is 0 Å². The number of aliphatic hydroxyl groups is 1. The van der Waals surface area contributed by atoms with Crippen molar-refractivity contribution in [3.8, 4) is 0 Å². The van der Waals surface area contributed by atoms with Crippen molar-refractivity contribution in [3.05, 3.63) is 16.7 Å². The van der Waals surface area contributed by atoms with Crippen LogP contribution in [0.15, 0.2) is 16.7 Å². The van der Waals surface area contributed by atoms with Crippen LogP contribution in [-0.4, -0.2) is 22.7 Å². The van der Waals surface area contributed by atoms with Crippen LogP contribution in [0.2, 0.25) is 0 Å². The Morgan fingerprint density at radius 3 is 3.06 bits per heavy atom. The van der Waals surface area contributed by atoms with Crippen molar-refractivity contribution < 1.29 is 5.11 Å². The van der Waals surface area contributed by atoms with Gasteiger partial charge in [0.1, 0.15) is 5.82 Å². The summed E-state index contributed by atoms with van der Waals surface area (Å²) in [5, 5.41) is 12.6. The second-order valence-electron chi connectivity index (χ2n) is 4.22. The lowest BCUT2D eigenvalue weighted by atomic mass is 10.1. The predicted molar refractivity (Wildman–Crippen MR) is 68.2 cm³/mol. The molecule has 16 heavy (non-hydrogen) atoms. The first-order valence-corrected chi connectivity index (χ1v) is 6.28. The summed E-state index contributed by atoms with van der Waals surface area (Å²) in [6.07, 6.45) is 4.97. The van der Waals surface area contributed by atoms with Gasteiger partial charge in [-0.25, -0.2) is 4.98 Å². The second kappa shape index (κ2) is 5.01. The quantitative estimate of drug-likeness (QED) is 0.794. The normalized spacial score (nSPS) is 24.6. The van der Waals surface area contributed by atoms with Crippen LogP contribution < -0.4 is 11.1 Å². The van der Waals surface area contributed by atoms with Gasteiger partial charge in [-0.15, -0.1) is 0 Å². The zero-order valence-corrected chi connectivity index (χ0v) is 10.6. The monoisotopic (exact) mass is 285 g/mol. The Morgan fingerprint density at radius 2 is 2.38 bits per heavy atom. The zero-order chi connectivity index (χ0) is 11.5. The molecule has 2 unspecified atom stereocenters. The Bertz CT molecular complexity index is 372. The second-order valence-corrected chi connectivity index (χ2v) is 5.08. The number of nitrogens with zero attached hydrogens (tertiary/aromatic N) is 1. The van der Waals surface area contributed by atoms with Gasteiger partial charge in [0.2, 0.25) is 0 Å². The fraction of sp³-hybridized carbons (Fsp3) is 0.545. The van der Waals surface area contributed by atoms with E-state index in [-0.39, 0.29) is 6.61 Å². The molecule has 1 aromatic heterocycles. The Hall–Kier alpha value is -0.810. The molecule has 88 valence electrons. The summed E-state index contributed by atoms with van der Waals surface area (Å²) in [5.74, 6) is 1.14. The number of nitrogens with one attached hydrogen (secondary N) is 1. The fourth-order valence-corrected chi connectivity index (χ4v) is 2.66. The molecule has 0 amide bonds. The van der Waals surface area contributed by atoms with E-state index < -0.39 is 0 Å². The standard InChI is InChI=1S/C11H16BrN3O/c12-9-4-8(13)5-14-11(9)15-10-3-1-2-7(10)6-16/h4-5,7,10,16H,1-3,6,13H2,(H,14,15). The molecule has 2 rings (SSSR count). The first-order chi connectivity index (χ1) is 7.70. The molecule has 1 aliphatic rings. The highest BCUT2D eigenvalue weighted by Crippen LogP contribution is 2.30. The van der Waals surface area contributed by atoms with Crippen molar-refractivity contribution in [2.24, 2.45) is 5.92 Å². The maximum absolute atomic E-state index is 9.24. The molecule has 5 heteroatoms. The van der Waals surface area contributed by atoms with Crippen LogP contribution >= 0.6 is 15.9 Å². The number of hydrogen-bond donors (Lipinski definition) is 3. The molecule has 0 saturated heterocycles. The molecule has 4 nitrogen and oxygen atoms in total. The third kappa shape index (κ3) is 2.47. The molecular formula is C11H16BrN3O. The van der Waals surface area contributed by atoms with Crippen molar-refractivity contribution in [1.82, 2.24) is 4.98 Å². The summed E-state index contributed by atoms with van der Waals surface area (Å²) in [6.45, 7) is 0.240. The number of rotatable bonds is 3. The SMILES string of the molecule is Nc1cnc(NC2CCCC2CO)c(Br)c1. The molecule has 0 spiro atoms. The van der Waals surface area contributed by atoms with E-state index in [2.05, 4.69) is 26.2 Å². The first-order valence-electron chi connectivity index (χ1n) is 5.49. The third-order valence-electron chi connectivity index (χ3n) is 3.08. The molecule has 1 fully saturated rings. The summed E-state index contributed by atoms with van der Waals surface area (Å²) in [6, 6.07) is 2.15. The van der Waals surface area contributed by atoms with Crippen molar-refractivity contribution in [2.75, 3.05) is 17.7 Å². The minimum absolute atomic E-state index is 0.240. The Labute approximate surface area is 103 Å². The van der Waals surface area contributed by atoms with Gasteiger partial charge in [-0.3, -0.25) is 0 Å². The molecule has 4 N–H and O–H groups in total. The molecule has 0 bridgehead atoms. The average molecular weight is 286 g/mol. The molecule has 1 aliphatic carbocycles. The van der Waals surface area contributed by atoms with Crippen molar-refractivity contribution in [3.63, 3.8) is 0 Å². The van der Waals surface area contributed by atoms with E-state index in [1.807, 2.05) is 6.07 Å². The lowest BCUT2D eigenvalue weighted by molar-refractivity contribution is 0.222. The number of nitrogens with two attached hydrogens (primary N) is 1. The topological polar surface area (TPSA) is 71.2 Å². The first kappa shape index (κ1) is 11.7. The summed E-state index contributed by atoms with van der Waals surface area (Å²) in [7, 11) is 0. The van der Waals surface area contributed by atoms with E-state index in [1.54, 1.807) is 6.20 Å². The van der Waals surface area contributed by atoms with Gasteiger partial charge >= 0.3 is 0 Å². The van der Waals surface area contributed by atoms with E-state index in [1.165, 1.54) is 0 Å². The molecule has 2 atom stereocenters. The van der Waals surface area contributed by atoms with Gasteiger partial charge in [-0.2, -0.15) is 0 Å². The van der Waals surface area contributed by atoms with Crippen molar-refractivity contribution >= 4 is 27.4 Å². The lowest BCUT2D eigenvalue weighted by Crippen LogP contribution is -2.26. The zero-order valence-electron chi connectivity index (χ0n) is 8.99. The van der Waals surface area contributed by atoms with Crippen LogP contribution in [0.5, 0.6) is 0 Å². The molecule has 0 aromatic carbocycles. The van der Waals surface area contributed by atoms with Crippen LogP contribution in [0.25, 0.3) is 0 Å². The van der Waals surface area contributed by atoms with E-state index in [0.717, 1.165) is 29.6 Å². The Morgan fingerprint density at radius 1 is 1.56 bits per heavy atom. The van der Waals surface area contributed by atoms with E-state index in [0.29, 0.717) is 17.6 Å². The largest absolute Gasteiger partial charge is 0.397 e. The average Bonchev–Trinajstić information content (AvgIpc) is 2.69. The van der Waals surface area contributed by atoms with Crippen LogP contribution in [0, 0.1) is 5.92 Å². The minimum atomic E-state index is 0.240. The van der Waals surface area contributed by atoms with Gasteiger partial charge in [0, 0.05) is 18.6 Å². The maximum atomic E-state index is 9.24. The highest BCUT2D eigenvalue weighted by molar-refractivity contribution is 9.10. The Kier molecular flexibility index (Phi) is 3.66. The highest BCUT2D eigenvalue weighted by atomic mass is 79.9. The molecule has 0 aliphatic heterocycles. The minimum Gasteiger partial charge on any atom is -0.397 e. The smallest absolute Gasteiger partial charge is 0.140 e. The summed E-state index contributed by atoms with van der Waals surface area (Å²) in [5.41, 5.74) is 6.27. The third-order valence-corrected chi connectivity index (χ3v) is 3.68. The summed E-state index contributed by atoms with van der Waals surface area (Å²) in [4.78, 5) is 4.25. The highest BCUT2D eigenvalue weighted by Gasteiger charge is 2.27. The summed E-state index contributed by atoms with van der Waals surface area (Å²) >= 11 is 3.43. The van der Waals surface area contributed by atoms with Gasteiger partial charge in [-0.1, -0.05) is 6.42 Å². The number of aromatic nitrogens is 1. The number of anilines is 2. The van der Waals surface area contributed by atoms with Crippen molar-refractivity contribution in [2.45, 2.75) is 25.3 Å². The Balaban J connectivity index is 2.08.